The number of nitrogens with zero attached hydrogens (tertiary/aromatic N) is 2. The van der Waals surface area contributed by atoms with Crippen molar-refractivity contribution in [3.63, 3.8) is 0 Å². The van der Waals surface area contributed by atoms with Crippen LogP contribution in [0.1, 0.15) is 5.89 Å². The monoisotopic (exact) mass is 399 g/mol. The molecule has 0 atom stereocenters. The first kappa shape index (κ1) is 17.9. The van der Waals surface area contributed by atoms with E-state index in [1.165, 1.54) is 19.2 Å². The number of thiophene rings is 1. The number of anilines is 1. The molecule has 0 saturated carbocycles. The Kier molecular flexibility index (Phi) is 4.83. The van der Waals surface area contributed by atoms with Crippen LogP contribution in [0.5, 0.6) is 0 Å². The van der Waals surface area contributed by atoms with Crippen molar-refractivity contribution in [2.45, 2.75) is 11.1 Å². The number of nitrogens with one attached hydrogen (secondary N) is 1. The van der Waals surface area contributed by atoms with E-state index in [1.807, 2.05) is 0 Å². The molecule has 0 aliphatic carbocycles. The minimum Gasteiger partial charge on any atom is -0.441 e. The lowest BCUT2D eigenvalue weighted by Gasteiger charge is -2.15. The van der Waals surface area contributed by atoms with Crippen molar-refractivity contribution >= 4 is 55.7 Å². The van der Waals surface area contributed by atoms with Crippen LogP contribution in [0.25, 0.3) is 11.1 Å². The topological polar surface area (TPSA) is 92.5 Å². The highest BCUT2D eigenvalue weighted by atomic mass is 35.5. The van der Waals surface area contributed by atoms with Crippen LogP contribution >= 0.6 is 22.9 Å². The van der Waals surface area contributed by atoms with E-state index >= 15 is 0 Å². The van der Waals surface area contributed by atoms with Gasteiger partial charge in [-0.1, -0.05) is 11.6 Å². The molecular weight excluding hydrogens is 386 g/mol. The molecule has 0 aliphatic heterocycles. The van der Waals surface area contributed by atoms with Gasteiger partial charge < -0.3 is 9.73 Å². The third-order valence-electron chi connectivity index (χ3n) is 3.36. The number of fused-ring (bicyclic) bond motifs is 1. The number of aryl methyl sites for hydroxylation is 1. The third-order valence-corrected chi connectivity index (χ3v) is 6.86. The molecule has 2 aromatic heterocycles. The Morgan fingerprint density at radius 2 is 2.12 bits per heavy atom. The quantitative estimate of drug-likeness (QED) is 0.711. The molecular formula is C15H14ClN3O4S2. The second-order valence-electron chi connectivity index (χ2n) is 5.28. The van der Waals surface area contributed by atoms with Crippen molar-refractivity contribution in [1.82, 2.24) is 9.29 Å². The third kappa shape index (κ3) is 3.84. The largest absolute Gasteiger partial charge is 0.441 e. The fourth-order valence-corrected chi connectivity index (χ4v) is 5.02. The van der Waals surface area contributed by atoms with E-state index in [2.05, 4.69) is 10.3 Å². The number of rotatable bonds is 5. The smallest absolute Gasteiger partial charge is 0.252 e. The average Bonchev–Trinajstić information content (AvgIpc) is 3.11. The summed E-state index contributed by atoms with van der Waals surface area (Å²) >= 11 is 6.72. The van der Waals surface area contributed by atoms with Gasteiger partial charge in [-0.05, 0) is 30.3 Å². The fraction of sp³-hybridized carbons (Fsp3) is 0.200. The van der Waals surface area contributed by atoms with Crippen LogP contribution in [-0.2, 0) is 14.8 Å². The molecule has 132 valence electrons. The number of carbonyl (C=O) groups is 1. The maximum absolute atomic E-state index is 12.4. The standard InChI is InChI=1S/C15H14ClN3O4S2/c1-9-17-11-7-10(3-4-12(11)23-9)18-14(20)8-19(2)25(21,22)15-6-5-13(16)24-15/h3-7H,8H2,1-2H3,(H,18,20). The first-order chi connectivity index (χ1) is 11.8. The summed E-state index contributed by atoms with van der Waals surface area (Å²) in [6.07, 6.45) is 0. The normalized spacial score (nSPS) is 12.0. The Morgan fingerprint density at radius 1 is 1.36 bits per heavy atom. The Labute approximate surface area is 153 Å². The molecule has 0 bridgehead atoms. The first-order valence-corrected chi connectivity index (χ1v) is 9.78. The number of oxazole rings is 1. The van der Waals surface area contributed by atoms with Gasteiger partial charge in [0.25, 0.3) is 10.0 Å². The fourth-order valence-electron chi connectivity index (χ4n) is 2.20. The van der Waals surface area contributed by atoms with E-state index in [1.54, 1.807) is 25.1 Å². The number of carbonyl (C=O) groups excluding carboxylic acids is 1. The van der Waals surface area contributed by atoms with Crippen LogP contribution < -0.4 is 5.32 Å². The van der Waals surface area contributed by atoms with Crippen molar-refractivity contribution in [1.29, 1.82) is 0 Å². The second kappa shape index (κ2) is 6.75. The predicted molar refractivity (Wildman–Crippen MR) is 96.5 cm³/mol. The van der Waals surface area contributed by atoms with Gasteiger partial charge in [-0.15, -0.1) is 11.3 Å². The van der Waals surface area contributed by atoms with Gasteiger partial charge in [0.05, 0.1) is 10.9 Å². The number of amides is 1. The number of benzene rings is 1. The minimum absolute atomic E-state index is 0.0901. The highest BCUT2D eigenvalue weighted by Crippen LogP contribution is 2.27. The van der Waals surface area contributed by atoms with Crippen LogP contribution in [0.4, 0.5) is 5.69 Å². The van der Waals surface area contributed by atoms with Gasteiger partial charge >= 0.3 is 0 Å². The van der Waals surface area contributed by atoms with Gasteiger partial charge in [-0.25, -0.2) is 13.4 Å². The van der Waals surface area contributed by atoms with Crippen molar-refractivity contribution in [3.8, 4) is 0 Å². The van der Waals surface area contributed by atoms with E-state index in [4.69, 9.17) is 16.0 Å². The van der Waals surface area contributed by atoms with Crippen molar-refractivity contribution in [3.05, 3.63) is 40.6 Å². The van der Waals surface area contributed by atoms with E-state index < -0.39 is 15.9 Å². The van der Waals surface area contributed by atoms with E-state index in [0.29, 0.717) is 27.0 Å². The molecule has 0 spiro atoms. The van der Waals surface area contributed by atoms with Gasteiger partial charge in [0.2, 0.25) is 5.91 Å². The molecule has 0 radical (unpaired) electrons. The number of likely N-dealkylation sites (N-methyl/N-ethyl adjacent to an activating group) is 1. The molecule has 0 fully saturated rings. The summed E-state index contributed by atoms with van der Waals surface area (Å²) in [4.78, 5) is 16.4. The molecule has 0 unspecified atom stereocenters. The minimum atomic E-state index is -3.76. The lowest BCUT2D eigenvalue weighted by Crippen LogP contribution is -2.34. The number of sulfonamides is 1. The highest BCUT2D eigenvalue weighted by Gasteiger charge is 2.24. The molecule has 7 nitrogen and oxygen atoms in total. The summed E-state index contributed by atoms with van der Waals surface area (Å²) in [6, 6.07) is 7.94. The van der Waals surface area contributed by atoms with Crippen LogP contribution in [0.3, 0.4) is 0 Å². The summed E-state index contributed by atoms with van der Waals surface area (Å²) in [5.41, 5.74) is 1.74. The molecule has 3 rings (SSSR count). The molecule has 1 aromatic carbocycles. The van der Waals surface area contributed by atoms with Gasteiger partial charge in [-0.2, -0.15) is 4.31 Å². The lowest BCUT2D eigenvalue weighted by molar-refractivity contribution is -0.116. The molecule has 0 saturated heterocycles. The van der Waals surface area contributed by atoms with Crippen LogP contribution in [0.2, 0.25) is 4.34 Å². The maximum atomic E-state index is 12.4. The summed E-state index contributed by atoms with van der Waals surface area (Å²) < 4.78 is 31.6. The second-order valence-corrected chi connectivity index (χ2v) is 9.27. The Morgan fingerprint density at radius 3 is 2.80 bits per heavy atom. The van der Waals surface area contributed by atoms with Crippen LogP contribution in [0, 0.1) is 6.92 Å². The number of aromatic nitrogens is 1. The molecule has 10 heteroatoms. The highest BCUT2D eigenvalue weighted by molar-refractivity contribution is 7.91. The number of hydrogen-bond acceptors (Lipinski definition) is 6. The molecule has 25 heavy (non-hydrogen) atoms. The molecule has 2 heterocycles. The van der Waals surface area contributed by atoms with Crippen molar-refractivity contribution in [2.75, 3.05) is 18.9 Å². The SMILES string of the molecule is Cc1nc2cc(NC(=O)CN(C)S(=O)(=O)c3ccc(Cl)s3)ccc2o1. The summed E-state index contributed by atoms with van der Waals surface area (Å²) in [6.45, 7) is 1.41. The first-order valence-electron chi connectivity index (χ1n) is 7.14. The van der Waals surface area contributed by atoms with Gasteiger partial charge in [0.15, 0.2) is 11.5 Å². The molecule has 1 N–H and O–H groups in total. The predicted octanol–water partition coefficient (Wildman–Crippen LogP) is 3.11. The molecule has 3 aromatic rings. The summed E-state index contributed by atoms with van der Waals surface area (Å²) in [7, 11) is -2.42. The van der Waals surface area contributed by atoms with E-state index in [9.17, 15) is 13.2 Å². The zero-order valence-electron chi connectivity index (χ0n) is 13.3. The molecule has 1 amide bonds. The van der Waals surface area contributed by atoms with Gasteiger partial charge in [0.1, 0.15) is 9.73 Å². The average molecular weight is 400 g/mol. The van der Waals surface area contributed by atoms with Crippen molar-refractivity contribution < 1.29 is 17.6 Å². The number of halogens is 1. The Hall–Kier alpha value is -1.94. The van der Waals surface area contributed by atoms with Crippen molar-refractivity contribution in [2.24, 2.45) is 0 Å². The summed E-state index contributed by atoms with van der Waals surface area (Å²) in [5, 5.41) is 2.65. The number of hydrogen-bond donors (Lipinski definition) is 1. The van der Waals surface area contributed by atoms with E-state index in [0.717, 1.165) is 15.6 Å². The summed E-state index contributed by atoms with van der Waals surface area (Å²) in [5.74, 6) is 0.0622. The zero-order chi connectivity index (χ0) is 18.2. The lowest BCUT2D eigenvalue weighted by atomic mass is 10.3. The Bertz CT molecular complexity index is 1040. The van der Waals surface area contributed by atoms with Crippen LogP contribution in [0.15, 0.2) is 39.0 Å². The van der Waals surface area contributed by atoms with Crippen LogP contribution in [-0.4, -0.2) is 37.2 Å². The van der Waals surface area contributed by atoms with Gasteiger partial charge in [-0.3, -0.25) is 4.79 Å². The molecule has 0 aliphatic rings. The Balaban J connectivity index is 1.70. The zero-order valence-corrected chi connectivity index (χ0v) is 15.7. The maximum Gasteiger partial charge on any atom is 0.252 e. The van der Waals surface area contributed by atoms with E-state index in [-0.39, 0.29) is 10.8 Å². The van der Waals surface area contributed by atoms with Gasteiger partial charge in [0, 0.05) is 19.7 Å².